The Balaban J connectivity index is 3.25. The Labute approximate surface area is 99.1 Å². The Bertz CT molecular complexity index is 340. The van der Waals surface area contributed by atoms with Crippen LogP contribution in [0.15, 0.2) is 0 Å². The average molecular weight is 308 g/mol. The van der Waals surface area contributed by atoms with Gasteiger partial charge in [0.15, 0.2) is 0 Å². The van der Waals surface area contributed by atoms with E-state index in [4.69, 9.17) is 0 Å². The molecule has 0 N–H and O–H groups in total. The lowest BCUT2D eigenvalue weighted by Gasteiger charge is -2.38. The lowest BCUT2D eigenvalue weighted by Crippen LogP contribution is -2.67. The molecule has 0 aromatic carbocycles. The van der Waals surface area contributed by atoms with Crippen molar-refractivity contribution in [2.45, 2.75) is 42.6 Å². The topological polar surface area (TPSA) is 9.23 Å². The third-order valence-corrected chi connectivity index (χ3v) is 2.59. The van der Waals surface area contributed by atoms with Gasteiger partial charge < -0.3 is 4.74 Å². The van der Waals surface area contributed by atoms with Gasteiger partial charge in [-0.1, -0.05) is 0 Å². The van der Waals surface area contributed by atoms with Crippen LogP contribution in [-0.2, 0) is 4.74 Å². The maximum Gasteiger partial charge on any atom is 0.460 e. The second kappa shape index (κ2) is 4.13. The van der Waals surface area contributed by atoms with E-state index in [1.54, 1.807) is 0 Å². The van der Waals surface area contributed by atoms with Crippen molar-refractivity contribution >= 4 is 0 Å². The first-order valence-electron chi connectivity index (χ1n) is 4.74. The summed E-state index contributed by atoms with van der Waals surface area (Å²) in [6, 6.07) is 0. The highest BCUT2D eigenvalue weighted by molar-refractivity contribution is 5.07. The highest BCUT2D eigenvalue weighted by Crippen LogP contribution is 2.58. The number of halogens is 10. The number of hydrogen-bond donors (Lipinski definition) is 0. The molecule has 1 atom stereocenters. The van der Waals surface area contributed by atoms with E-state index < -0.39 is 49.2 Å². The first kappa shape index (κ1) is 16.3. The molecule has 11 heteroatoms. The summed E-state index contributed by atoms with van der Waals surface area (Å²) in [5, 5.41) is 0. The maximum atomic E-state index is 13.4. The van der Waals surface area contributed by atoms with Crippen LogP contribution in [0.3, 0.4) is 0 Å². The molecule has 1 saturated heterocycles. The summed E-state index contributed by atoms with van der Waals surface area (Å²) in [6.45, 7) is -0.792. The first-order valence-corrected chi connectivity index (χ1v) is 4.74. The van der Waals surface area contributed by atoms with Crippen molar-refractivity contribution in [3.8, 4) is 0 Å². The van der Waals surface area contributed by atoms with E-state index in [0.717, 1.165) is 0 Å². The van der Waals surface area contributed by atoms with Gasteiger partial charge in [-0.2, -0.15) is 39.5 Å². The minimum Gasteiger partial charge on any atom is -0.341 e. The first-order chi connectivity index (χ1) is 8.21. The number of rotatable bonds is 3. The fraction of sp³-hybridized carbons (Fsp3) is 1.00. The van der Waals surface area contributed by atoms with Gasteiger partial charge in [-0.25, -0.2) is 4.39 Å². The van der Waals surface area contributed by atoms with Crippen LogP contribution in [0.25, 0.3) is 0 Å². The Morgan fingerprint density at radius 2 is 1.26 bits per heavy atom. The minimum absolute atomic E-state index is 0.514. The summed E-state index contributed by atoms with van der Waals surface area (Å²) in [4.78, 5) is 0. The summed E-state index contributed by atoms with van der Waals surface area (Å²) in [5.74, 6) is -25.0. The number of hydrogen-bond acceptors (Lipinski definition) is 1. The van der Waals surface area contributed by atoms with E-state index in [1.165, 1.54) is 0 Å². The molecule has 1 unspecified atom stereocenters. The molecule has 0 radical (unpaired) electrons. The van der Waals surface area contributed by atoms with Gasteiger partial charge in [0.05, 0.1) is 6.61 Å². The second-order valence-corrected chi connectivity index (χ2v) is 3.90. The SMILES string of the molecule is FC(F)(F)C(F)(F)C(F)(F)C(F)(F)C1(F)CCCO1. The quantitative estimate of drug-likeness (QED) is 0.718. The lowest BCUT2D eigenvalue weighted by molar-refractivity contribution is -0.429. The number of alkyl halides is 10. The van der Waals surface area contributed by atoms with Gasteiger partial charge in [0.25, 0.3) is 5.85 Å². The molecule has 1 heterocycles. The Morgan fingerprint density at radius 1 is 0.789 bits per heavy atom. The van der Waals surface area contributed by atoms with Crippen LogP contribution in [0.5, 0.6) is 0 Å². The zero-order valence-corrected chi connectivity index (χ0v) is 8.81. The third-order valence-electron chi connectivity index (χ3n) is 2.59. The monoisotopic (exact) mass is 308 g/mol. The molecule has 114 valence electrons. The molecule has 0 aromatic rings. The molecule has 1 rings (SSSR count). The normalized spacial score (nSPS) is 26.8. The molecule has 0 aliphatic carbocycles. The molecule has 19 heavy (non-hydrogen) atoms. The lowest BCUT2D eigenvalue weighted by atomic mass is 9.95. The van der Waals surface area contributed by atoms with E-state index in [-0.39, 0.29) is 0 Å². The largest absolute Gasteiger partial charge is 0.460 e. The van der Waals surface area contributed by atoms with E-state index in [9.17, 15) is 43.9 Å². The van der Waals surface area contributed by atoms with Gasteiger partial charge in [-0.3, -0.25) is 0 Å². The summed E-state index contributed by atoms with van der Waals surface area (Å²) in [5.41, 5.74) is 0. The molecule has 0 aromatic heterocycles. The summed E-state index contributed by atoms with van der Waals surface area (Å²) < 4.78 is 129. The Kier molecular flexibility index (Phi) is 3.54. The molecule has 0 amide bonds. The van der Waals surface area contributed by atoms with Crippen molar-refractivity contribution in [2.24, 2.45) is 0 Å². The van der Waals surface area contributed by atoms with Crippen LogP contribution < -0.4 is 0 Å². The summed E-state index contributed by atoms with van der Waals surface area (Å²) in [7, 11) is 0. The van der Waals surface area contributed by atoms with Gasteiger partial charge in [0.1, 0.15) is 0 Å². The van der Waals surface area contributed by atoms with Gasteiger partial charge >= 0.3 is 23.9 Å². The van der Waals surface area contributed by atoms with E-state index in [1.807, 2.05) is 0 Å². The van der Waals surface area contributed by atoms with Crippen LogP contribution in [-0.4, -0.2) is 36.4 Å². The van der Waals surface area contributed by atoms with Crippen molar-refractivity contribution in [1.29, 1.82) is 0 Å². The molecule has 0 bridgehead atoms. The van der Waals surface area contributed by atoms with Crippen LogP contribution in [0.4, 0.5) is 43.9 Å². The van der Waals surface area contributed by atoms with E-state index >= 15 is 0 Å². The van der Waals surface area contributed by atoms with Crippen molar-refractivity contribution in [1.82, 2.24) is 0 Å². The van der Waals surface area contributed by atoms with Crippen LogP contribution in [0.1, 0.15) is 12.8 Å². The Morgan fingerprint density at radius 3 is 1.58 bits per heavy atom. The van der Waals surface area contributed by atoms with E-state index in [2.05, 4.69) is 4.74 Å². The zero-order valence-electron chi connectivity index (χ0n) is 8.81. The predicted octanol–water partition coefficient (Wildman–Crippen LogP) is 3.93. The molecule has 0 spiro atoms. The van der Waals surface area contributed by atoms with Crippen LogP contribution in [0, 0.1) is 0 Å². The van der Waals surface area contributed by atoms with Crippen molar-refractivity contribution in [2.75, 3.05) is 6.61 Å². The van der Waals surface area contributed by atoms with Crippen molar-refractivity contribution in [3.05, 3.63) is 0 Å². The third kappa shape index (κ3) is 2.05. The smallest absolute Gasteiger partial charge is 0.341 e. The molecule has 1 aliphatic rings. The zero-order chi connectivity index (χ0) is 15.3. The molecule has 1 fully saturated rings. The van der Waals surface area contributed by atoms with Gasteiger partial charge in [0, 0.05) is 6.42 Å². The maximum absolute atomic E-state index is 13.4. The van der Waals surface area contributed by atoms with Gasteiger partial charge in [0.2, 0.25) is 0 Å². The molecule has 0 saturated carbocycles. The molecular formula is C8H6F10O. The van der Waals surface area contributed by atoms with Crippen molar-refractivity contribution in [3.63, 3.8) is 0 Å². The van der Waals surface area contributed by atoms with Crippen molar-refractivity contribution < 1.29 is 48.6 Å². The fourth-order valence-corrected chi connectivity index (χ4v) is 1.46. The summed E-state index contributed by atoms with van der Waals surface area (Å²) >= 11 is 0. The van der Waals surface area contributed by atoms with Crippen LogP contribution in [0.2, 0.25) is 0 Å². The van der Waals surface area contributed by atoms with Gasteiger partial charge in [-0.15, -0.1) is 0 Å². The second-order valence-electron chi connectivity index (χ2n) is 3.90. The standard InChI is InChI=1S/C8H6F10O/c9-4(2-1-3-19-4)5(10,11)6(12,13)7(14,15)8(16,17)18/h1-3H2. The number of ether oxygens (including phenoxy) is 1. The van der Waals surface area contributed by atoms with Gasteiger partial charge in [-0.05, 0) is 6.42 Å². The fourth-order valence-electron chi connectivity index (χ4n) is 1.46. The van der Waals surface area contributed by atoms with E-state index in [0.29, 0.717) is 0 Å². The highest BCUT2D eigenvalue weighted by atomic mass is 19.4. The Hall–Kier alpha value is -0.740. The molecule has 1 aliphatic heterocycles. The minimum atomic E-state index is -7.10. The molecule has 1 nitrogen and oxygen atoms in total. The summed E-state index contributed by atoms with van der Waals surface area (Å²) in [6.07, 6.45) is -8.89. The highest BCUT2D eigenvalue weighted by Gasteiger charge is 2.87. The average Bonchev–Trinajstić information content (AvgIpc) is 2.64. The molecular weight excluding hydrogens is 302 g/mol. The van der Waals surface area contributed by atoms with Crippen LogP contribution >= 0.6 is 0 Å². The predicted molar refractivity (Wildman–Crippen MR) is 39.9 cm³/mol.